The fourth-order valence-corrected chi connectivity index (χ4v) is 2.66. The lowest BCUT2D eigenvalue weighted by Crippen LogP contribution is -2.48. The highest BCUT2D eigenvalue weighted by Crippen LogP contribution is 2.10. The Morgan fingerprint density at radius 2 is 1.76 bits per heavy atom. The largest absolute Gasteiger partial charge is 0.389 e. The Bertz CT molecular complexity index is 405. The number of halogens is 1. The van der Waals surface area contributed by atoms with Crippen molar-refractivity contribution in [1.82, 2.24) is 9.80 Å². The molecule has 0 bridgehead atoms. The van der Waals surface area contributed by atoms with Crippen molar-refractivity contribution in [2.24, 2.45) is 0 Å². The van der Waals surface area contributed by atoms with Gasteiger partial charge in [-0.15, -0.1) is 0 Å². The summed E-state index contributed by atoms with van der Waals surface area (Å²) in [5.41, 5.74) is 1.07. The molecule has 1 fully saturated rings. The van der Waals surface area contributed by atoms with E-state index in [0.29, 0.717) is 19.8 Å². The van der Waals surface area contributed by atoms with Crippen LogP contribution in [0.2, 0.25) is 5.02 Å². The van der Waals surface area contributed by atoms with Crippen molar-refractivity contribution in [1.29, 1.82) is 0 Å². The van der Waals surface area contributed by atoms with Gasteiger partial charge in [0.25, 0.3) is 0 Å². The number of benzene rings is 1. The summed E-state index contributed by atoms with van der Waals surface area (Å²) in [5, 5.41) is 10.8. The maximum absolute atomic E-state index is 10.0. The molecule has 1 aromatic carbocycles. The molecule has 0 saturated carbocycles. The van der Waals surface area contributed by atoms with Crippen LogP contribution >= 0.6 is 11.6 Å². The molecule has 1 heterocycles. The van der Waals surface area contributed by atoms with Gasteiger partial charge in [-0.3, -0.25) is 4.90 Å². The first-order valence-electron chi connectivity index (χ1n) is 7.62. The highest BCUT2D eigenvalue weighted by Gasteiger charge is 2.18. The molecular formula is C16H25ClN2O2. The third-order valence-electron chi connectivity index (χ3n) is 3.87. The molecule has 4 nitrogen and oxygen atoms in total. The summed E-state index contributed by atoms with van der Waals surface area (Å²) < 4.78 is 5.58. The second-order valence-electron chi connectivity index (χ2n) is 5.53. The molecule has 118 valence electrons. The van der Waals surface area contributed by atoms with Crippen molar-refractivity contribution in [3.8, 4) is 0 Å². The number of hydrogen-bond acceptors (Lipinski definition) is 4. The quantitative estimate of drug-likeness (QED) is 0.833. The van der Waals surface area contributed by atoms with Crippen molar-refractivity contribution in [3.63, 3.8) is 0 Å². The maximum Gasteiger partial charge on any atom is 0.0900 e. The summed E-state index contributed by atoms with van der Waals surface area (Å²) in [5.74, 6) is 0. The topological polar surface area (TPSA) is 35.9 Å². The Morgan fingerprint density at radius 1 is 1.14 bits per heavy atom. The zero-order chi connectivity index (χ0) is 15.1. The number of nitrogens with zero attached hydrogens (tertiary/aromatic N) is 2. The predicted octanol–water partition coefficient (Wildman–Crippen LogP) is 1.85. The first-order valence-corrected chi connectivity index (χ1v) is 8.00. The number of piperazine rings is 1. The molecule has 1 N–H and O–H groups in total. The number of aliphatic hydroxyl groups excluding tert-OH is 1. The van der Waals surface area contributed by atoms with Crippen molar-refractivity contribution in [3.05, 3.63) is 34.9 Å². The minimum atomic E-state index is -0.425. The van der Waals surface area contributed by atoms with Gasteiger partial charge in [-0.05, 0) is 24.2 Å². The standard InChI is InChI=1S/C16H25ClN2O2/c1-2-18-7-9-19(10-8-18)11-16(20)13-21-12-14-3-5-15(17)6-4-14/h3-6,16,20H,2,7-13H2,1H3/t16-/m0/s1. The predicted molar refractivity (Wildman–Crippen MR) is 85.7 cm³/mol. The Hall–Kier alpha value is -0.650. The Morgan fingerprint density at radius 3 is 2.38 bits per heavy atom. The van der Waals surface area contributed by atoms with Gasteiger partial charge in [-0.25, -0.2) is 0 Å². The first kappa shape index (κ1) is 16.7. The van der Waals surface area contributed by atoms with E-state index in [1.54, 1.807) is 0 Å². The highest BCUT2D eigenvalue weighted by atomic mass is 35.5. The normalized spacial score (nSPS) is 18.8. The number of ether oxygens (including phenoxy) is 1. The maximum atomic E-state index is 10.0. The van der Waals surface area contributed by atoms with Gasteiger partial charge in [0.15, 0.2) is 0 Å². The number of aliphatic hydroxyl groups is 1. The minimum Gasteiger partial charge on any atom is -0.389 e. The summed E-state index contributed by atoms with van der Waals surface area (Å²) in [6, 6.07) is 7.59. The summed E-state index contributed by atoms with van der Waals surface area (Å²) in [7, 11) is 0. The molecule has 0 aliphatic carbocycles. The first-order chi connectivity index (χ1) is 10.2. The van der Waals surface area contributed by atoms with Gasteiger partial charge in [-0.1, -0.05) is 30.7 Å². The average molecular weight is 313 g/mol. The molecule has 2 rings (SSSR count). The zero-order valence-electron chi connectivity index (χ0n) is 12.7. The molecule has 1 aromatic rings. The molecule has 0 spiro atoms. The van der Waals surface area contributed by atoms with E-state index in [4.69, 9.17) is 16.3 Å². The van der Waals surface area contributed by atoms with E-state index in [-0.39, 0.29) is 0 Å². The fourth-order valence-electron chi connectivity index (χ4n) is 2.53. The third kappa shape index (κ3) is 5.93. The van der Waals surface area contributed by atoms with Gasteiger partial charge in [0.2, 0.25) is 0 Å². The molecule has 0 radical (unpaired) electrons. The van der Waals surface area contributed by atoms with Crippen molar-refractivity contribution >= 4 is 11.6 Å². The SMILES string of the molecule is CCN1CCN(C[C@H](O)COCc2ccc(Cl)cc2)CC1. The van der Waals surface area contributed by atoms with E-state index in [0.717, 1.165) is 43.3 Å². The van der Waals surface area contributed by atoms with E-state index >= 15 is 0 Å². The summed E-state index contributed by atoms with van der Waals surface area (Å²) in [6.07, 6.45) is -0.425. The molecule has 0 amide bonds. The van der Waals surface area contributed by atoms with Crippen LogP contribution < -0.4 is 0 Å². The van der Waals surface area contributed by atoms with E-state index in [9.17, 15) is 5.11 Å². The van der Waals surface area contributed by atoms with Crippen LogP contribution in [-0.2, 0) is 11.3 Å². The molecule has 0 unspecified atom stereocenters. The molecule has 21 heavy (non-hydrogen) atoms. The minimum absolute atomic E-state index is 0.372. The van der Waals surface area contributed by atoms with Crippen LogP contribution in [0.4, 0.5) is 0 Å². The van der Waals surface area contributed by atoms with Crippen LogP contribution in [0.25, 0.3) is 0 Å². The van der Waals surface area contributed by atoms with Crippen LogP contribution in [0, 0.1) is 0 Å². The number of likely N-dealkylation sites (N-methyl/N-ethyl adjacent to an activating group) is 1. The van der Waals surface area contributed by atoms with Crippen LogP contribution in [-0.4, -0.2) is 66.9 Å². The van der Waals surface area contributed by atoms with Crippen LogP contribution in [0.1, 0.15) is 12.5 Å². The number of hydrogen-bond donors (Lipinski definition) is 1. The summed E-state index contributed by atoms with van der Waals surface area (Å²) in [4.78, 5) is 4.74. The lowest BCUT2D eigenvalue weighted by molar-refractivity contribution is 0.00177. The van der Waals surface area contributed by atoms with Crippen molar-refractivity contribution < 1.29 is 9.84 Å². The zero-order valence-corrected chi connectivity index (χ0v) is 13.4. The molecule has 1 saturated heterocycles. The van der Waals surface area contributed by atoms with E-state index in [1.807, 2.05) is 24.3 Å². The van der Waals surface area contributed by atoms with Crippen molar-refractivity contribution in [2.45, 2.75) is 19.6 Å². The van der Waals surface area contributed by atoms with Crippen LogP contribution in [0.3, 0.4) is 0 Å². The monoisotopic (exact) mass is 312 g/mol. The molecular weight excluding hydrogens is 288 g/mol. The summed E-state index contributed by atoms with van der Waals surface area (Å²) in [6.45, 7) is 9.12. The van der Waals surface area contributed by atoms with Gasteiger partial charge < -0.3 is 14.7 Å². The lowest BCUT2D eigenvalue weighted by Gasteiger charge is -2.34. The smallest absolute Gasteiger partial charge is 0.0900 e. The molecule has 1 aliphatic rings. The van der Waals surface area contributed by atoms with Crippen molar-refractivity contribution in [2.75, 3.05) is 45.9 Å². The average Bonchev–Trinajstić information content (AvgIpc) is 2.50. The number of β-amino-alcohol motifs (C(OH)–C–C–N with tert-alkyl or cyclic N) is 1. The Kier molecular flexibility index (Phi) is 6.93. The third-order valence-corrected chi connectivity index (χ3v) is 4.13. The fraction of sp³-hybridized carbons (Fsp3) is 0.625. The van der Waals surface area contributed by atoms with E-state index < -0.39 is 6.10 Å². The van der Waals surface area contributed by atoms with Crippen LogP contribution in [0.15, 0.2) is 24.3 Å². The van der Waals surface area contributed by atoms with Crippen LogP contribution in [0.5, 0.6) is 0 Å². The second-order valence-corrected chi connectivity index (χ2v) is 5.97. The van der Waals surface area contributed by atoms with Gasteiger partial charge in [-0.2, -0.15) is 0 Å². The molecule has 5 heteroatoms. The molecule has 1 atom stereocenters. The van der Waals surface area contributed by atoms with E-state index in [2.05, 4.69) is 16.7 Å². The van der Waals surface area contributed by atoms with Gasteiger partial charge >= 0.3 is 0 Å². The Balaban J connectivity index is 1.61. The van der Waals surface area contributed by atoms with Gasteiger partial charge in [0.1, 0.15) is 0 Å². The Labute approximate surface area is 132 Å². The summed E-state index contributed by atoms with van der Waals surface area (Å²) >= 11 is 5.84. The van der Waals surface area contributed by atoms with Gasteiger partial charge in [0.05, 0.1) is 19.3 Å². The molecule has 1 aliphatic heterocycles. The number of rotatable bonds is 7. The highest BCUT2D eigenvalue weighted by molar-refractivity contribution is 6.30. The molecule has 0 aromatic heterocycles. The van der Waals surface area contributed by atoms with Gasteiger partial charge in [0, 0.05) is 37.7 Å². The lowest BCUT2D eigenvalue weighted by atomic mass is 10.2. The second kappa shape index (κ2) is 8.71. The van der Waals surface area contributed by atoms with E-state index in [1.165, 1.54) is 0 Å².